The Labute approximate surface area is 205 Å². The number of nitrogens with zero attached hydrogens (tertiary/aromatic N) is 2. The largest absolute Gasteiger partial charge is 0.872 e. The minimum absolute atomic E-state index is 0.0231. The second kappa shape index (κ2) is 10.3. The van der Waals surface area contributed by atoms with Gasteiger partial charge in [0.2, 0.25) is 15.8 Å². The highest BCUT2D eigenvalue weighted by atomic mass is 35.5. The number of likely N-dealkylation sites (tertiary alicyclic amines) is 1. The Bertz CT molecular complexity index is 1210. The maximum Gasteiger partial charge on any atom is 0.295 e. The molecule has 34 heavy (non-hydrogen) atoms. The number of carbonyl (C=O) groups is 2. The van der Waals surface area contributed by atoms with Crippen LogP contribution in [0.1, 0.15) is 23.6 Å². The van der Waals surface area contributed by atoms with Gasteiger partial charge in [-0.1, -0.05) is 41.6 Å². The van der Waals surface area contributed by atoms with E-state index in [0.717, 1.165) is 10.8 Å². The molecule has 1 aliphatic rings. The summed E-state index contributed by atoms with van der Waals surface area (Å²) in [5.41, 5.74) is 0.594. The number of hydrogen-bond acceptors (Lipinski definition) is 5. The first-order valence-electron chi connectivity index (χ1n) is 10.8. The number of benzene rings is 2. The minimum atomic E-state index is -3.67. The van der Waals surface area contributed by atoms with E-state index < -0.39 is 33.5 Å². The number of nitrogens with one attached hydrogen (secondary N) is 1. The molecule has 1 heterocycles. The van der Waals surface area contributed by atoms with Gasteiger partial charge in [0.15, 0.2) is 0 Å². The molecule has 2 aromatic rings. The number of amides is 1. The minimum Gasteiger partial charge on any atom is -0.872 e. The van der Waals surface area contributed by atoms with Gasteiger partial charge >= 0.3 is 0 Å². The molecular formula is C24H28ClN3O5S. The van der Waals surface area contributed by atoms with Crippen molar-refractivity contribution in [2.24, 2.45) is 0 Å². The maximum absolute atomic E-state index is 13.4. The summed E-state index contributed by atoms with van der Waals surface area (Å²) in [6, 6.07) is 11.2. The number of rotatable bonds is 8. The fourth-order valence-corrected chi connectivity index (χ4v) is 4.87. The van der Waals surface area contributed by atoms with Gasteiger partial charge in [0.25, 0.3) is 5.91 Å². The van der Waals surface area contributed by atoms with Crippen LogP contribution in [0.3, 0.4) is 0 Å². The van der Waals surface area contributed by atoms with E-state index in [1.807, 2.05) is 14.1 Å². The fraction of sp³-hybridized carbons (Fsp3) is 0.333. The van der Waals surface area contributed by atoms with Crippen molar-refractivity contribution in [3.8, 4) is 0 Å². The van der Waals surface area contributed by atoms with Crippen molar-refractivity contribution in [1.29, 1.82) is 0 Å². The third kappa shape index (κ3) is 5.17. The van der Waals surface area contributed by atoms with Crippen LogP contribution in [-0.2, 0) is 19.6 Å². The topological polar surface area (TPSA) is 102 Å². The van der Waals surface area contributed by atoms with E-state index in [1.165, 1.54) is 48.2 Å². The molecule has 1 unspecified atom stereocenters. The number of halogens is 1. The number of carbonyl (C=O) groups excluding carboxylic acids is 2. The summed E-state index contributed by atoms with van der Waals surface area (Å²) in [6.45, 7) is 1.11. The van der Waals surface area contributed by atoms with Gasteiger partial charge in [-0.05, 0) is 35.4 Å². The molecule has 1 fully saturated rings. The summed E-state index contributed by atoms with van der Waals surface area (Å²) < 4.78 is 25.7. The van der Waals surface area contributed by atoms with Crippen molar-refractivity contribution in [2.75, 3.05) is 41.3 Å². The fourth-order valence-electron chi connectivity index (χ4n) is 3.84. The Morgan fingerprint density at radius 2 is 1.65 bits per heavy atom. The average Bonchev–Trinajstić information content (AvgIpc) is 3.04. The molecule has 3 rings (SSSR count). The Morgan fingerprint density at radius 1 is 1.06 bits per heavy atom. The molecule has 1 saturated heterocycles. The van der Waals surface area contributed by atoms with Crippen LogP contribution in [0.5, 0.6) is 0 Å². The molecule has 0 bridgehead atoms. The lowest BCUT2D eigenvalue weighted by molar-refractivity contribution is -0.858. The average molecular weight is 506 g/mol. The standard InChI is InChI=1S/C24H28ClN3O5S/c1-26(2)14-5-15-28-21(16-6-10-18(25)11-7-16)20(23(30)24(28)31)22(29)17-8-12-19(13-9-17)34(32,33)27(3)4/h6-13,21,29H,5,14-15H2,1-4H3. The van der Waals surface area contributed by atoms with Gasteiger partial charge in [-0.3, -0.25) is 9.59 Å². The SMILES string of the molecule is CN(C)S(=O)(=O)c1ccc(C([O-])=C2C(=O)C(=O)N(CCC[NH+](C)C)C2c2ccc(Cl)cc2)cc1. The zero-order chi connectivity index (χ0) is 25.2. The number of hydrogen-bond donors (Lipinski definition) is 1. The number of sulfonamides is 1. The maximum atomic E-state index is 13.4. The van der Waals surface area contributed by atoms with Gasteiger partial charge in [0.1, 0.15) is 0 Å². The summed E-state index contributed by atoms with van der Waals surface area (Å²) in [5, 5.41) is 13.9. The smallest absolute Gasteiger partial charge is 0.295 e. The second-order valence-corrected chi connectivity index (χ2v) is 11.2. The Morgan fingerprint density at radius 3 is 2.18 bits per heavy atom. The third-order valence-electron chi connectivity index (χ3n) is 5.69. The zero-order valence-electron chi connectivity index (χ0n) is 19.5. The van der Waals surface area contributed by atoms with Crippen LogP contribution >= 0.6 is 11.6 Å². The zero-order valence-corrected chi connectivity index (χ0v) is 21.1. The number of ketones is 1. The Kier molecular flexibility index (Phi) is 7.82. The van der Waals surface area contributed by atoms with Gasteiger partial charge < -0.3 is 14.9 Å². The highest BCUT2D eigenvalue weighted by Gasteiger charge is 2.43. The molecule has 182 valence electrons. The summed E-state index contributed by atoms with van der Waals surface area (Å²) in [6.07, 6.45) is 0.657. The van der Waals surface area contributed by atoms with E-state index >= 15 is 0 Å². The van der Waals surface area contributed by atoms with Crippen LogP contribution in [0.15, 0.2) is 59.0 Å². The highest BCUT2D eigenvalue weighted by molar-refractivity contribution is 7.89. The molecule has 0 spiro atoms. The molecule has 0 saturated carbocycles. The van der Waals surface area contributed by atoms with Crippen molar-refractivity contribution < 1.29 is 28.0 Å². The Balaban J connectivity index is 2.08. The summed E-state index contributed by atoms with van der Waals surface area (Å²) in [7, 11) is 3.15. The highest BCUT2D eigenvalue weighted by Crippen LogP contribution is 2.39. The summed E-state index contributed by atoms with van der Waals surface area (Å²) >= 11 is 6.02. The molecule has 8 nitrogen and oxygen atoms in total. The van der Waals surface area contributed by atoms with Crippen molar-refractivity contribution in [2.45, 2.75) is 17.4 Å². The molecule has 0 aliphatic carbocycles. The van der Waals surface area contributed by atoms with Crippen LogP contribution in [0, 0.1) is 0 Å². The van der Waals surface area contributed by atoms with Crippen LogP contribution in [0.25, 0.3) is 5.76 Å². The predicted molar refractivity (Wildman–Crippen MR) is 127 cm³/mol. The van der Waals surface area contributed by atoms with E-state index in [2.05, 4.69) is 0 Å². The van der Waals surface area contributed by atoms with Gasteiger partial charge in [-0.2, -0.15) is 0 Å². The molecule has 1 aliphatic heterocycles. The molecule has 0 aromatic heterocycles. The molecule has 0 radical (unpaired) electrons. The second-order valence-electron chi connectivity index (χ2n) is 8.65. The van der Waals surface area contributed by atoms with Crippen LogP contribution in [0.4, 0.5) is 0 Å². The molecule has 10 heteroatoms. The van der Waals surface area contributed by atoms with Gasteiger partial charge in [-0.15, -0.1) is 0 Å². The normalized spacial score (nSPS) is 18.3. The van der Waals surface area contributed by atoms with Gasteiger partial charge in [0.05, 0.1) is 31.6 Å². The molecule has 2 aromatic carbocycles. The first kappa shape index (κ1) is 25.9. The number of Topliss-reactive ketones (excluding diaryl/α,β-unsaturated/α-hetero) is 1. The molecule has 1 atom stereocenters. The number of quaternary nitrogens is 1. The van der Waals surface area contributed by atoms with E-state index in [4.69, 9.17) is 11.6 Å². The van der Waals surface area contributed by atoms with Crippen LogP contribution in [0.2, 0.25) is 5.02 Å². The summed E-state index contributed by atoms with van der Waals surface area (Å²) in [5.74, 6) is -2.16. The van der Waals surface area contributed by atoms with E-state index in [0.29, 0.717) is 23.6 Å². The van der Waals surface area contributed by atoms with Gasteiger partial charge in [0, 0.05) is 37.7 Å². The Hall–Kier alpha value is -2.72. The lowest BCUT2D eigenvalue weighted by Crippen LogP contribution is -3.05. The van der Waals surface area contributed by atoms with Crippen molar-refractivity contribution in [1.82, 2.24) is 9.21 Å². The monoisotopic (exact) mass is 505 g/mol. The van der Waals surface area contributed by atoms with Crippen molar-refractivity contribution in [3.05, 3.63) is 70.3 Å². The quantitative estimate of drug-likeness (QED) is 0.317. The lowest BCUT2D eigenvalue weighted by atomic mass is 9.95. The van der Waals surface area contributed by atoms with Gasteiger partial charge in [-0.25, -0.2) is 12.7 Å². The van der Waals surface area contributed by atoms with Crippen LogP contribution in [-0.4, -0.2) is 70.6 Å². The predicted octanol–water partition coefficient (Wildman–Crippen LogP) is 0.349. The molecule has 1 N–H and O–H groups in total. The van der Waals surface area contributed by atoms with E-state index in [9.17, 15) is 23.1 Å². The van der Waals surface area contributed by atoms with Crippen LogP contribution < -0.4 is 10.0 Å². The van der Waals surface area contributed by atoms with E-state index in [1.54, 1.807) is 24.3 Å². The first-order valence-corrected chi connectivity index (χ1v) is 12.6. The molecular weight excluding hydrogens is 478 g/mol. The van der Waals surface area contributed by atoms with Crippen molar-refractivity contribution in [3.63, 3.8) is 0 Å². The first-order chi connectivity index (χ1) is 15.9. The third-order valence-corrected chi connectivity index (χ3v) is 7.77. The van der Waals surface area contributed by atoms with E-state index in [-0.39, 0.29) is 16.0 Å². The molecule has 1 amide bonds. The summed E-state index contributed by atoms with van der Waals surface area (Å²) in [4.78, 5) is 28.6. The van der Waals surface area contributed by atoms with Crippen molar-refractivity contribution >= 4 is 39.1 Å². The lowest BCUT2D eigenvalue weighted by Gasteiger charge is -2.27.